The molecule has 0 saturated heterocycles. The van der Waals surface area contributed by atoms with E-state index >= 15 is 0 Å². The summed E-state index contributed by atoms with van der Waals surface area (Å²) in [5, 5.41) is 8.46. The van der Waals surface area contributed by atoms with E-state index < -0.39 is 29.2 Å². The highest BCUT2D eigenvalue weighted by Gasteiger charge is 2.18. The first kappa shape index (κ1) is 10.6. The Hall–Kier alpha value is -1.49. The molecule has 0 saturated carbocycles. The Bertz CT molecular complexity index is 354. The second-order valence-corrected chi connectivity index (χ2v) is 2.95. The first-order chi connectivity index (χ1) is 6.43. The Labute approximate surface area is 79.2 Å². The molecule has 3 N–H and O–H groups in total. The second kappa shape index (κ2) is 3.71. The number of hydrogen-bond donors (Lipinski definition) is 2. The summed E-state index contributed by atoms with van der Waals surface area (Å²) < 4.78 is 26.1. The lowest BCUT2D eigenvalue weighted by Gasteiger charge is -2.07. The van der Waals surface area contributed by atoms with Crippen LogP contribution < -0.4 is 5.73 Å². The Balaban J connectivity index is 3.32. The predicted octanol–water partition coefficient (Wildman–Crippen LogP) is 1.68. The van der Waals surface area contributed by atoms with Gasteiger partial charge in [0.05, 0.1) is 0 Å². The van der Waals surface area contributed by atoms with E-state index in [-0.39, 0.29) is 5.56 Å². The molecule has 0 unspecified atom stereocenters. The number of nitrogens with two attached hydrogens (primary N) is 1. The first-order valence-electron chi connectivity index (χ1n) is 3.91. The fraction of sp³-hybridized carbons (Fsp3) is 0.222. The molecule has 0 heterocycles. The van der Waals surface area contributed by atoms with Gasteiger partial charge in [-0.1, -0.05) is 0 Å². The summed E-state index contributed by atoms with van der Waals surface area (Å²) in [5.41, 5.74) is 4.67. The maximum Gasteiger partial charge on any atom is 0.341 e. The van der Waals surface area contributed by atoms with Crippen LogP contribution in [0.3, 0.4) is 0 Å². The molecule has 0 radical (unpaired) electrons. The van der Waals surface area contributed by atoms with Gasteiger partial charge in [0.25, 0.3) is 0 Å². The minimum Gasteiger partial charge on any atom is -0.477 e. The van der Waals surface area contributed by atoms with E-state index in [1.165, 1.54) is 0 Å². The highest BCUT2D eigenvalue weighted by atomic mass is 19.1. The fourth-order valence-electron chi connectivity index (χ4n) is 1.06. The summed E-state index contributed by atoms with van der Waals surface area (Å²) in [6.07, 6.45) is 0. The van der Waals surface area contributed by atoms with Gasteiger partial charge in [-0.3, -0.25) is 0 Å². The van der Waals surface area contributed by atoms with Crippen LogP contribution in [0.2, 0.25) is 0 Å². The van der Waals surface area contributed by atoms with Gasteiger partial charge >= 0.3 is 5.97 Å². The van der Waals surface area contributed by atoms with Crippen LogP contribution in [0.5, 0.6) is 0 Å². The van der Waals surface area contributed by atoms with Crippen molar-refractivity contribution in [2.75, 3.05) is 0 Å². The van der Waals surface area contributed by atoms with Crippen LogP contribution in [0.25, 0.3) is 0 Å². The molecule has 76 valence electrons. The smallest absolute Gasteiger partial charge is 0.341 e. The van der Waals surface area contributed by atoms with Crippen LogP contribution in [0.4, 0.5) is 8.78 Å². The van der Waals surface area contributed by atoms with Crippen molar-refractivity contribution in [1.82, 2.24) is 0 Å². The van der Waals surface area contributed by atoms with Gasteiger partial charge in [-0.05, 0) is 24.6 Å². The summed E-state index contributed by atoms with van der Waals surface area (Å²) in [5.74, 6) is -3.84. The van der Waals surface area contributed by atoms with Crippen molar-refractivity contribution in [2.24, 2.45) is 5.73 Å². The maximum atomic E-state index is 13.0. The molecule has 14 heavy (non-hydrogen) atoms. The number of carboxylic acid groups (broad SMARTS) is 1. The lowest BCUT2D eigenvalue weighted by Crippen LogP contribution is -2.10. The average Bonchev–Trinajstić information content (AvgIpc) is 2.01. The van der Waals surface area contributed by atoms with Crippen molar-refractivity contribution in [2.45, 2.75) is 13.0 Å². The Morgan fingerprint density at radius 3 is 2.14 bits per heavy atom. The van der Waals surface area contributed by atoms with E-state index in [2.05, 4.69) is 0 Å². The minimum absolute atomic E-state index is 0.227. The lowest BCUT2D eigenvalue weighted by atomic mass is 10.1. The van der Waals surface area contributed by atoms with Crippen molar-refractivity contribution in [3.63, 3.8) is 0 Å². The highest BCUT2D eigenvalue weighted by molar-refractivity contribution is 5.88. The van der Waals surface area contributed by atoms with Crippen molar-refractivity contribution in [3.8, 4) is 0 Å². The number of aromatic carboxylic acids is 1. The molecule has 1 aromatic rings. The van der Waals surface area contributed by atoms with Gasteiger partial charge in [-0.2, -0.15) is 0 Å². The van der Waals surface area contributed by atoms with Crippen LogP contribution in [0.1, 0.15) is 28.9 Å². The van der Waals surface area contributed by atoms with Crippen LogP contribution in [0, 0.1) is 11.6 Å². The van der Waals surface area contributed by atoms with Crippen molar-refractivity contribution >= 4 is 5.97 Å². The normalized spacial score (nSPS) is 12.6. The molecule has 0 aromatic heterocycles. The molecule has 0 amide bonds. The second-order valence-electron chi connectivity index (χ2n) is 2.95. The van der Waals surface area contributed by atoms with Crippen LogP contribution in [0.15, 0.2) is 12.1 Å². The van der Waals surface area contributed by atoms with E-state index in [0.717, 1.165) is 12.1 Å². The quantitative estimate of drug-likeness (QED) is 0.765. The molecule has 0 aliphatic carbocycles. The predicted molar refractivity (Wildman–Crippen MR) is 45.9 cm³/mol. The molecular weight excluding hydrogens is 192 g/mol. The van der Waals surface area contributed by atoms with Gasteiger partial charge in [-0.25, -0.2) is 13.6 Å². The summed E-state index contributed by atoms with van der Waals surface area (Å²) in [7, 11) is 0. The molecule has 0 fully saturated rings. The van der Waals surface area contributed by atoms with Gasteiger partial charge in [0, 0.05) is 6.04 Å². The molecule has 5 heteroatoms. The molecule has 0 spiro atoms. The van der Waals surface area contributed by atoms with E-state index in [4.69, 9.17) is 10.8 Å². The maximum absolute atomic E-state index is 13.0. The Morgan fingerprint density at radius 2 is 1.86 bits per heavy atom. The SMILES string of the molecule is C[C@H](N)c1cc(F)c(C(=O)O)c(F)c1. The summed E-state index contributed by atoms with van der Waals surface area (Å²) >= 11 is 0. The number of carboxylic acids is 1. The van der Waals surface area contributed by atoms with Crippen LogP contribution in [-0.2, 0) is 0 Å². The van der Waals surface area contributed by atoms with E-state index in [1.54, 1.807) is 6.92 Å². The van der Waals surface area contributed by atoms with Crippen molar-refractivity contribution in [1.29, 1.82) is 0 Å². The monoisotopic (exact) mass is 201 g/mol. The standard InChI is InChI=1S/C9H9F2NO2/c1-4(12)5-2-6(10)8(9(13)14)7(11)3-5/h2-4H,12H2,1H3,(H,13,14)/t4-/m0/s1. The van der Waals surface area contributed by atoms with Crippen LogP contribution in [-0.4, -0.2) is 11.1 Å². The Kier molecular flexibility index (Phi) is 2.81. The molecule has 1 aromatic carbocycles. The number of rotatable bonds is 2. The zero-order valence-corrected chi connectivity index (χ0v) is 7.42. The Morgan fingerprint density at radius 1 is 1.43 bits per heavy atom. The zero-order chi connectivity index (χ0) is 10.9. The van der Waals surface area contributed by atoms with Crippen molar-refractivity contribution in [3.05, 3.63) is 34.9 Å². The summed E-state index contributed by atoms with van der Waals surface area (Å²) in [6.45, 7) is 1.55. The zero-order valence-electron chi connectivity index (χ0n) is 7.42. The topological polar surface area (TPSA) is 63.3 Å². The summed E-state index contributed by atoms with van der Waals surface area (Å²) in [6, 6.07) is 1.32. The van der Waals surface area contributed by atoms with Crippen molar-refractivity contribution < 1.29 is 18.7 Å². The lowest BCUT2D eigenvalue weighted by molar-refractivity contribution is 0.0686. The largest absolute Gasteiger partial charge is 0.477 e. The third-order valence-corrected chi connectivity index (χ3v) is 1.80. The minimum atomic E-state index is -1.63. The molecule has 0 aliphatic rings. The first-order valence-corrected chi connectivity index (χ1v) is 3.91. The fourth-order valence-corrected chi connectivity index (χ4v) is 1.06. The number of halogens is 2. The van der Waals surface area contributed by atoms with Gasteiger partial charge < -0.3 is 10.8 Å². The molecule has 3 nitrogen and oxygen atoms in total. The number of carbonyl (C=O) groups is 1. The third-order valence-electron chi connectivity index (χ3n) is 1.80. The number of benzene rings is 1. The summed E-state index contributed by atoms with van der Waals surface area (Å²) in [4.78, 5) is 10.4. The van der Waals surface area contributed by atoms with E-state index in [0.29, 0.717) is 0 Å². The third kappa shape index (κ3) is 1.88. The molecular formula is C9H9F2NO2. The molecule has 1 atom stereocenters. The molecule has 0 bridgehead atoms. The molecule has 0 aliphatic heterocycles. The van der Waals surface area contributed by atoms with E-state index in [9.17, 15) is 13.6 Å². The van der Waals surface area contributed by atoms with Gasteiger partial charge in [-0.15, -0.1) is 0 Å². The average molecular weight is 201 g/mol. The number of hydrogen-bond acceptors (Lipinski definition) is 2. The van der Waals surface area contributed by atoms with E-state index in [1.807, 2.05) is 0 Å². The van der Waals surface area contributed by atoms with Gasteiger partial charge in [0.1, 0.15) is 17.2 Å². The van der Waals surface area contributed by atoms with Gasteiger partial charge in [0.2, 0.25) is 0 Å². The highest BCUT2D eigenvalue weighted by Crippen LogP contribution is 2.18. The van der Waals surface area contributed by atoms with Crippen LogP contribution >= 0.6 is 0 Å². The van der Waals surface area contributed by atoms with Gasteiger partial charge in [0.15, 0.2) is 0 Å². The molecule has 1 rings (SSSR count).